The predicted octanol–water partition coefficient (Wildman–Crippen LogP) is 1.87. The second-order valence-corrected chi connectivity index (χ2v) is 22.2. The van der Waals surface area contributed by atoms with E-state index in [1.54, 1.807) is 0 Å². The Morgan fingerprint density at radius 2 is 1.43 bits per heavy atom. The molecule has 16 heteroatoms. The highest BCUT2D eigenvalue weighted by molar-refractivity contribution is 5.67. The first-order chi connectivity index (χ1) is 28.3. The first kappa shape index (κ1) is 46.0. The van der Waals surface area contributed by atoms with Gasteiger partial charge in [0.05, 0.1) is 37.1 Å². The van der Waals surface area contributed by atoms with E-state index in [1.807, 2.05) is 13.8 Å². The molecule has 8 aliphatic rings. The molecule has 8 rings (SSSR count). The van der Waals surface area contributed by atoms with Gasteiger partial charge in [0.25, 0.3) is 0 Å². The summed E-state index contributed by atoms with van der Waals surface area (Å²) < 4.78 is 44.4. The lowest BCUT2D eigenvalue weighted by Crippen LogP contribution is -2.65. The van der Waals surface area contributed by atoms with Crippen LogP contribution in [-0.2, 0) is 42.7 Å². The summed E-state index contributed by atoms with van der Waals surface area (Å²) in [5.41, 5.74) is -3.42. The molecule has 7 N–H and O–H groups in total. The lowest BCUT2D eigenvalue weighted by Gasteiger charge is -2.65. The van der Waals surface area contributed by atoms with Gasteiger partial charge < -0.3 is 68.9 Å². The van der Waals surface area contributed by atoms with Gasteiger partial charge in [-0.15, -0.1) is 0 Å². The van der Waals surface area contributed by atoms with Gasteiger partial charge in [0.2, 0.25) is 0 Å². The van der Waals surface area contributed by atoms with E-state index < -0.39 is 108 Å². The van der Waals surface area contributed by atoms with Crippen LogP contribution >= 0.6 is 0 Å². The second kappa shape index (κ2) is 15.3. The van der Waals surface area contributed by atoms with Crippen molar-refractivity contribution in [3.63, 3.8) is 0 Å². The minimum absolute atomic E-state index is 0.0413. The fourth-order valence-corrected chi connectivity index (χ4v) is 15.6. The van der Waals surface area contributed by atoms with Gasteiger partial charge in [-0.2, -0.15) is 0 Å². The second-order valence-electron chi connectivity index (χ2n) is 22.2. The third-order valence-corrected chi connectivity index (χ3v) is 18.3. The van der Waals surface area contributed by atoms with Crippen molar-refractivity contribution in [2.45, 2.75) is 211 Å². The minimum Gasteiger partial charge on any atom is -0.462 e. The van der Waals surface area contributed by atoms with Crippen LogP contribution in [0.25, 0.3) is 0 Å². The quantitative estimate of drug-likeness (QED) is 0.129. The van der Waals surface area contributed by atoms with E-state index in [0.29, 0.717) is 32.1 Å². The Labute approximate surface area is 358 Å². The van der Waals surface area contributed by atoms with Crippen molar-refractivity contribution in [3.05, 3.63) is 0 Å². The molecule has 0 aromatic carbocycles. The normalized spacial score (nSPS) is 53.8. The van der Waals surface area contributed by atoms with Crippen LogP contribution in [0.5, 0.6) is 0 Å². The van der Waals surface area contributed by atoms with Crippen LogP contribution in [0.2, 0.25) is 0 Å². The third-order valence-electron chi connectivity index (χ3n) is 18.3. The topological polar surface area (TPSA) is 240 Å². The van der Waals surface area contributed by atoms with Crippen molar-refractivity contribution in [2.24, 2.45) is 44.8 Å². The summed E-state index contributed by atoms with van der Waals surface area (Å²) in [6.07, 6.45) is -8.05. The van der Waals surface area contributed by atoms with Crippen molar-refractivity contribution in [3.8, 4) is 0 Å². The molecular formula is C45H72O16. The Bertz CT molecular complexity index is 1690. The number of esters is 2. The molecule has 2 spiro atoms. The van der Waals surface area contributed by atoms with Crippen LogP contribution in [0.15, 0.2) is 0 Å². The minimum atomic E-state index is -1.63. The Hall–Kier alpha value is -1.54. The van der Waals surface area contributed by atoms with Crippen LogP contribution in [-0.4, -0.2) is 152 Å². The lowest BCUT2D eigenvalue weighted by molar-refractivity contribution is -0.339. The van der Waals surface area contributed by atoms with Crippen LogP contribution in [0.3, 0.4) is 0 Å². The van der Waals surface area contributed by atoms with Crippen LogP contribution in [0.4, 0.5) is 0 Å². The predicted molar refractivity (Wildman–Crippen MR) is 213 cm³/mol. The number of rotatable bonds is 9. The Morgan fingerprint density at radius 3 is 2.08 bits per heavy atom. The summed E-state index contributed by atoms with van der Waals surface area (Å²) in [7, 11) is 0. The third kappa shape index (κ3) is 6.81. The number of aliphatic hydroxyl groups excluding tert-OH is 7. The summed E-state index contributed by atoms with van der Waals surface area (Å²) in [6.45, 7) is 16.8. The van der Waals surface area contributed by atoms with Gasteiger partial charge >= 0.3 is 11.9 Å². The molecule has 3 aliphatic heterocycles. The van der Waals surface area contributed by atoms with Crippen LogP contribution in [0.1, 0.15) is 120 Å². The van der Waals surface area contributed by atoms with E-state index in [9.17, 15) is 45.3 Å². The molecule has 21 unspecified atom stereocenters. The molecule has 3 heterocycles. The van der Waals surface area contributed by atoms with Gasteiger partial charge in [0.15, 0.2) is 12.6 Å². The van der Waals surface area contributed by atoms with Gasteiger partial charge in [0.1, 0.15) is 54.4 Å². The van der Waals surface area contributed by atoms with Crippen molar-refractivity contribution in [1.82, 2.24) is 0 Å². The van der Waals surface area contributed by atoms with Gasteiger partial charge in [-0.1, -0.05) is 27.7 Å². The summed E-state index contributed by atoms with van der Waals surface area (Å²) in [5.74, 6) is -1.10. The summed E-state index contributed by atoms with van der Waals surface area (Å²) in [4.78, 5) is 25.1. The molecule has 0 radical (unpaired) electrons. The fraction of sp³-hybridized carbons (Fsp3) is 0.956. The van der Waals surface area contributed by atoms with E-state index in [2.05, 4.69) is 34.6 Å². The van der Waals surface area contributed by atoms with Crippen molar-refractivity contribution in [2.75, 3.05) is 13.2 Å². The zero-order valence-corrected chi connectivity index (χ0v) is 37.3. The molecule has 8 fully saturated rings. The highest BCUT2D eigenvalue weighted by Crippen LogP contribution is 2.89. The maximum atomic E-state index is 13.0. The number of hydrogen-bond donors (Lipinski definition) is 7. The highest BCUT2D eigenvalue weighted by atomic mass is 16.7. The van der Waals surface area contributed by atoms with E-state index in [-0.39, 0.29) is 53.2 Å². The Kier molecular flexibility index (Phi) is 11.5. The molecule has 21 atom stereocenters. The largest absolute Gasteiger partial charge is 0.462 e. The summed E-state index contributed by atoms with van der Waals surface area (Å²) >= 11 is 0. The SMILES string of the molecule is CC(=O)OC1CC2(C)C3CC(OC4OC(CO)C(O)C(O)C4O)C4C(C)(C)C(OC5OCC(O)C(O)C5O)CCC45CC35CCC2(C)C1C1(C)CCC(C(C)(C)OC(C)=O)O1. The van der Waals surface area contributed by atoms with Gasteiger partial charge in [-0.05, 0) is 117 Å². The Balaban J connectivity index is 1.17. The standard InChI is InChI=1S/C45H72O16/c1-21(47)56-25-17-42(8)27-16-24(57-38-34(54)32(52)31(51)26(18-46)58-38)35-39(3,4)28(59-37-33(53)30(50)23(49)19-55-37)11-13-45(35)20-44(27,45)15-14-41(42,7)36(25)43(9)12-10-29(61-43)40(5,6)60-22(2)48/h23-38,46,49-54H,10-20H2,1-9H3. The van der Waals surface area contributed by atoms with Crippen LogP contribution < -0.4 is 0 Å². The summed E-state index contributed by atoms with van der Waals surface area (Å²) in [5, 5.41) is 74.6. The number of fused-ring (bicyclic) bond motifs is 2. The van der Waals surface area contributed by atoms with Crippen molar-refractivity contribution >= 4 is 11.9 Å². The molecule has 5 saturated carbocycles. The van der Waals surface area contributed by atoms with Crippen molar-refractivity contribution in [1.29, 1.82) is 0 Å². The van der Waals surface area contributed by atoms with E-state index in [4.69, 9.17) is 33.2 Å². The van der Waals surface area contributed by atoms with Crippen molar-refractivity contribution < 1.29 is 78.5 Å². The molecule has 0 bridgehead atoms. The number of carbonyl (C=O) groups excluding carboxylic acids is 2. The average molecular weight is 869 g/mol. The molecular weight excluding hydrogens is 796 g/mol. The number of carbonyl (C=O) groups is 2. The molecule has 16 nitrogen and oxygen atoms in total. The van der Waals surface area contributed by atoms with E-state index in [1.165, 1.54) is 13.8 Å². The zero-order chi connectivity index (χ0) is 44.6. The average Bonchev–Trinajstić information content (AvgIpc) is 3.52. The van der Waals surface area contributed by atoms with Gasteiger partial charge in [-0.3, -0.25) is 9.59 Å². The van der Waals surface area contributed by atoms with E-state index in [0.717, 1.165) is 25.7 Å². The molecule has 61 heavy (non-hydrogen) atoms. The summed E-state index contributed by atoms with van der Waals surface area (Å²) in [6, 6.07) is 0. The van der Waals surface area contributed by atoms with Gasteiger partial charge in [-0.25, -0.2) is 0 Å². The maximum absolute atomic E-state index is 13.0. The smallest absolute Gasteiger partial charge is 0.303 e. The molecule has 0 amide bonds. The number of hydrogen-bond acceptors (Lipinski definition) is 16. The Morgan fingerprint density at radius 1 is 0.738 bits per heavy atom. The molecule has 348 valence electrons. The first-order valence-electron chi connectivity index (χ1n) is 22.6. The zero-order valence-electron chi connectivity index (χ0n) is 37.3. The fourth-order valence-electron chi connectivity index (χ4n) is 15.6. The molecule has 3 saturated heterocycles. The first-order valence-corrected chi connectivity index (χ1v) is 22.6. The maximum Gasteiger partial charge on any atom is 0.303 e. The number of ether oxygens (including phenoxy) is 7. The van der Waals surface area contributed by atoms with Gasteiger partial charge in [0, 0.05) is 19.8 Å². The van der Waals surface area contributed by atoms with E-state index >= 15 is 0 Å². The highest BCUT2D eigenvalue weighted by Gasteiger charge is 2.85. The monoisotopic (exact) mass is 868 g/mol. The number of aliphatic hydroxyl groups is 7. The molecule has 0 aromatic rings. The lowest BCUT2D eigenvalue weighted by atomic mass is 9.41. The van der Waals surface area contributed by atoms with Crippen LogP contribution in [0, 0.1) is 44.8 Å². The molecule has 5 aliphatic carbocycles. The molecule has 0 aromatic heterocycles.